The van der Waals surface area contributed by atoms with Crippen LogP contribution >= 0.6 is 0 Å². The molecule has 0 saturated carbocycles. The summed E-state index contributed by atoms with van der Waals surface area (Å²) in [4.78, 5) is 24.8. The van der Waals surface area contributed by atoms with Crippen LogP contribution in [0.15, 0.2) is 71.9 Å². The summed E-state index contributed by atoms with van der Waals surface area (Å²) in [5.74, 6) is -0.388. The second-order valence-corrected chi connectivity index (χ2v) is 10.4. The molecule has 3 N–H and O–H groups in total. The number of rotatable bonds is 7. The molecule has 2 heterocycles. The largest absolute Gasteiger partial charge is 0.387 e. The van der Waals surface area contributed by atoms with E-state index in [1.165, 1.54) is 6.20 Å². The van der Waals surface area contributed by atoms with Gasteiger partial charge in [-0.2, -0.15) is 0 Å². The molecule has 0 fully saturated rings. The SMILES string of the molecule is CC(C)S(=O)(=O)c1ccc(-c2cnc3[nH]cc(C(=O)NCC(O)c4ccccc4)c3n2)cc1. The number of hydrogen-bond acceptors (Lipinski definition) is 6. The molecule has 33 heavy (non-hydrogen) atoms. The minimum atomic E-state index is -3.37. The summed E-state index contributed by atoms with van der Waals surface area (Å²) in [6.45, 7) is 3.33. The fourth-order valence-corrected chi connectivity index (χ4v) is 4.43. The number of hydrogen-bond donors (Lipinski definition) is 3. The Morgan fingerprint density at radius 1 is 1.09 bits per heavy atom. The van der Waals surface area contributed by atoms with Gasteiger partial charge in [0.2, 0.25) is 0 Å². The van der Waals surface area contributed by atoms with Crippen LogP contribution in [0, 0.1) is 0 Å². The normalized spacial score (nSPS) is 12.7. The Morgan fingerprint density at radius 3 is 2.45 bits per heavy atom. The highest BCUT2D eigenvalue weighted by Crippen LogP contribution is 2.24. The van der Waals surface area contributed by atoms with E-state index in [1.54, 1.807) is 56.4 Å². The van der Waals surface area contributed by atoms with Gasteiger partial charge in [0.1, 0.15) is 5.52 Å². The first-order chi connectivity index (χ1) is 15.8. The van der Waals surface area contributed by atoms with Gasteiger partial charge in [0.05, 0.1) is 33.7 Å². The maximum atomic E-state index is 12.7. The minimum Gasteiger partial charge on any atom is -0.387 e. The molecule has 4 aromatic rings. The van der Waals surface area contributed by atoms with Gasteiger partial charge in [-0.15, -0.1) is 0 Å². The average Bonchev–Trinajstić information content (AvgIpc) is 3.26. The molecule has 0 bridgehead atoms. The summed E-state index contributed by atoms with van der Waals surface area (Å²) >= 11 is 0. The molecule has 0 spiro atoms. The molecular weight excluding hydrogens is 440 g/mol. The van der Waals surface area contributed by atoms with Crippen molar-refractivity contribution in [1.29, 1.82) is 0 Å². The molecule has 2 aromatic heterocycles. The standard InChI is InChI=1S/C24H24N4O4S/c1-15(2)33(31,32)18-10-8-16(9-11-18)20-13-26-23-22(28-20)19(12-25-23)24(30)27-14-21(29)17-6-4-3-5-7-17/h3-13,15,21,29H,14H2,1-2H3,(H,25,26)(H,27,30). The molecule has 0 aliphatic heterocycles. The molecule has 1 atom stereocenters. The van der Waals surface area contributed by atoms with Crippen molar-refractivity contribution in [3.63, 3.8) is 0 Å². The lowest BCUT2D eigenvalue weighted by Crippen LogP contribution is -2.28. The molecule has 0 aliphatic rings. The molecule has 8 nitrogen and oxygen atoms in total. The van der Waals surface area contributed by atoms with Crippen molar-refractivity contribution in [2.75, 3.05) is 6.54 Å². The Kier molecular flexibility index (Phi) is 6.26. The van der Waals surface area contributed by atoms with E-state index in [0.717, 1.165) is 0 Å². The number of aliphatic hydroxyl groups excluding tert-OH is 1. The van der Waals surface area contributed by atoms with E-state index in [4.69, 9.17) is 0 Å². The van der Waals surface area contributed by atoms with Crippen LogP contribution in [-0.2, 0) is 9.84 Å². The van der Waals surface area contributed by atoms with Crippen molar-refractivity contribution in [1.82, 2.24) is 20.3 Å². The molecule has 0 aliphatic carbocycles. The Balaban J connectivity index is 1.56. The zero-order valence-electron chi connectivity index (χ0n) is 18.2. The number of nitrogens with zero attached hydrogens (tertiary/aromatic N) is 2. The number of H-pyrrole nitrogens is 1. The zero-order valence-corrected chi connectivity index (χ0v) is 19.0. The number of aliphatic hydroxyl groups is 1. The van der Waals surface area contributed by atoms with Crippen LogP contribution < -0.4 is 5.32 Å². The molecule has 9 heteroatoms. The summed E-state index contributed by atoms with van der Waals surface area (Å²) < 4.78 is 24.7. The number of aromatic amines is 1. The van der Waals surface area contributed by atoms with Gasteiger partial charge in [-0.3, -0.25) is 4.79 Å². The van der Waals surface area contributed by atoms with Crippen molar-refractivity contribution in [2.24, 2.45) is 0 Å². The van der Waals surface area contributed by atoms with Crippen LogP contribution in [-0.4, -0.2) is 46.2 Å². The van der Waals surface area contributed by atoms with Gasteiger partial charge >= 0.3 is 0 Å². The molecule has 4 rings (SSSR count). The fraction of sp³-hybridized carbons (Fsp3) is 0.208. The lowest BCUT2D eigenvalue weighted by atomic mass is 10.1. The van der Waals surface area contributed by atoms with Crippen LogP contribution in [0.5, 0.6) is 0 Å². The van der Waals surface area contributed by atoms with Gasteiger partial charge in [0.25, 0.3) is 5.91 Å². The van der Waals surface area contributed by atoms with Crippen molar-refractivity contribution in [3.05, 3.63) is 78.1 Å². The van der Waals surface area contributed by atoms with Crippen LogP contribution in [0.2, 0.25) is 0 Å². The third kappa shape index (κ3) is 4.64. The van der Waals surface area contributed by atoms with Crippen molar-refractivity contribution in [2.45, 2.75) is 30.1 Å². The third-order valence-corrected chi connectivity index (χ3v) is 7.54. The van der Waals surface area contributed by atoms with E-state index in [-0.39, 0.29) is 17.3 Å². The summed E-state index contributed by atoms with van der Waals surface area (Å²) in [6, 6.07) is 15.5. The zero-order chi connectivity index (χ0) is 23.6. The smallest absolute Gasteiger partial charge is 0.255 e. The first-order valence-electron chi connectivity index (χ1n) is 10.5. The van der Waals surface area contributed by atoms with Gasteiger partial charge < -0.3 is 15.4 Å². The van der Waals surface area contributed by atoms with E-state index in [2.05, 4.69) is 20.3 Å². The molecule has 0 saturated heterocycles. The number of benzene rings is 2. The summed E-state index contributed by atoms with van der Waals surface area (Å²) in [5.41, 5.74) is 3.04. The number of aromatic nitrogens is 3. The van der Waals surface area contributed by atoms with Crippen LogP contribution in [0.3, 0.4) is 0 Å². The number of fused-ring (bicyclic) bond motifs is 1. The second-order valence-electron chi connectivity index (χ2n) is 7.91. The Bertz CT molecular complexity index is 1380. The predicted molar refractivity (Wildman–Crippen MR) is 125 cm³/mol. The van der Waals surface area contributed by atoms with E-state index >= 15 is 0 Å². The lowest BCUT2D eigenvalue weighted by Gasteiger charge is -2.12. The first-order valence-corrected chi connectivity index (χ1v) is 12.0. The monoisotopic (exact) mass is 464 g/mol. The van der Waals surface area contributed by atoms with Crippen LogP contribution in [0.4, 0.5) is 0 Å². The number of carbonyl (C=O) groups is 1. The molecule has 1 unspecified atom stereocenters. The number of sulfone groups is 1. The van der Waals surface area contributed by atoms with E-state index in [1.807, 2.05) is 18.2 Å². The Hall–Kier alpha value is -3.56. The average molecular weight is 465 g/mol. The van der Waals surface area contributed by atoms with Gasteiger partial charge in [-0.25, -0.2) is 18.4 Å². The van der Waals surface area contributed by atoms with E-state index in [9.17, 15) is 18.3 Å². The Labute approximate surface area is 191 Å². The molecule has 0 radical (unpaired) electrons. The first kappa shape index (κ1) is 22.6. The highest BCUT2D eigenvalue weighted by molar-refractivity contribution is 7.92. The third-order valence-electron chi connectivity index (χ3n) is 5.36. The molecule has 2 aromatic carbocycles. The van der Waals surface area contributed by atoms with Crippen LogP contribution in [0.1, 0.15) is 35.9 Å². The van der Waals surface area contributed by atoms with E-state index < -0.39 is 21.2 Å². The summed E-state index contributed by atoms with van der Waals surface area (Å²) in [5, 5.41) is 12.5. The fourth-order valence-electron chi connectivity index (χ4n) is 3.37. The highest BCUT2D eigenvalue weighted by Gasteiger charge is 2.20. The molecule has 1 amide bonds. The summed E-state index contributed by atoms with van der Waals surface area (Å²) in [6.07, 6.45) is 2.26. The number of nitrogens with one attached hydrogen (secondary N) is 2. The van der Waals surface area contributed by atoms with Crippen LogP contribution in [0.25, 0.3) is 22.4 Å². The van der Waals surface area contributed by atoms with Crippen molar-refractivity contribution >= 4 is 26.9 Å². The number of amides is 1. The van der Waals surface area contributed by atoms with Gasteiger partial charge in [0, 0.05) is 18.3 Å². The second kappa shape index (κ2) is 9.13. The minimum absolute atomic E-state index is 0.0500. The number of carbonyl (C=O) groups excluding carboxylic acids is 1. The summed E-state index contributed by atoms with van der Waals surface area (Å²) in [7, 11) is -3.37. The maximum Gasteiger partial charge on any atom is 0.255 e. The van der Waals surface area contributed by atoms with Gasteiger partial charge in [-0.05, 0) is 31.5 Å². The van der Waals surface area contributed by atoms with Gasteiger partial charge in [-0.1, -0.05) is 42.5 Å². The molecular formula is C24H24N4O4S. The molecule has 170 valence electrons. The van der Waals surface area contributed by atoms with Gasteiger partial charge in [0.15, 0.2) is 15.5 Å². The van der Waals surface area contributed by atoms with Crippen molar-refractivity contribution in [3.8, 4) is 11.3 Å². The predicted octanol–water partition coefficient (Wildman–Crippen LogP) is 3.27. The van der Waals surface area contributed by atoms with Crippen molar-refractivity contribution < 1.29 is 18.3 Å². The quantitative estimate of drug-likeness (QED) is 0.385. The highest BCUT2D eigenvalue weighted by atomic mass is 32.2. The topological polar surface area (TPSA) is 125 Å². The maximum absolute atomic E-state index is 12.7. The van der Waals surface area contributed by atoms with E-state index in [0.29, 0.717) is 33.5 Å². The lowest BCUT2D eigenvalue weighted by molar-refractivity contribution is 0.0918. The Morgan fingerprint density at radius 2 is 1.79 bits per heavy atom.